The number of nitrogens with zero attached hydrogens (tertiary/aromatic N) is 4. The third-order valence-electron chi connectivity index (χ3n) is 1.84. The summed E-state index contributed by atoms with van der Waals surface area (Å²) in [6.45, 7) is 6.44. The Morgan fingerprint density at radius 3 is 2.77 bits per heavy atom. The van der Waals surface area contributed by atoms with E-state index in [9.17, 15) is 4.79 Å². The number of hydrogen-bond acceptors (Lipinski definition) is 4. The van der Waals surface area contributed by atoms with Crippen molar-refractivity contribution in [3.8, 4) is 0 Å². The Morgan fingerprint density at radius 2 is 2.23 bits per heavy atom. The van der Waals surface area contributed by atoms with E-state index in [1.807, 2.05) is 20.8 Å². The fourth-order valence-corrected chi connectivity index (χ4v) is 1.04. The molecule has 5 nitrogen and oxygen atoms in total. The second kappa shape index (κ2) is 3.64. The Kier molecular flexibility index (Phi) is 2.75. The maximum absolute atomic E-state index is 10.7. The van der Waals surface area contributed by atoms with Crippen molar-refractivity contribution in [2.75, 3.05) is 0 Å². The molecule has 1 heterocycles. The van der Waals surface area contributed by atoms with Crippen LogP contribution >= 0.6 is 0 Å². The van der Waals surface area contributed by atoms with Crippen molar-refractivity contribution in [3.63, 3.8) is 0 Å². The van der Waals surface area contributed by atoms with E-state index in [-0.39, 0.29) is 5.41 Å². The van der Waals surface area contributed by atoms with E-state index in [2.05, 4.69) is 15.5 Å². The minimum absolute atomic E-state index is 0.387. The summed E-state index contributed by atoms with van der Waals surface area (Å²) >= 11 is 0. The first-order valence-electron chi connectivity index (χ1n) is 4.30. The van der Waals surface area contributed by atoms with Crippen molar-refractivity contribution in [3.05, 3.63) is 5.82 Å². The molecule has 0 aliphatic rings. The zero-order valence-corrected chi connectivity index (χ0v) is 8.19. The molecule has 0 fully saturated rings. The van der Waals surface area contributed by atoms with Crippen LogP contribution in [0.4, 0.5) is 0 Å². The van der Waals surface area contributed by atoms with Crippen molar-refractivity contribution in [1.82, 2.24) is 20.2 Å². The van der Waals surface area contributed by atoms with Gasteiger partial charge in [-0.15, -0.1) is 5.10 Å². The van der Waals surface area contributed by atoms with Gasteiger partial charge in [0.05, 0.1) is 0 Å². The van der Waals surface area contributed by atoms with E-state index in [0.717, 1.165) is 18.7 Å². The van der Waals surface area contributed by atoms with E-state index in [0.29, 0.717) is 6.42 Å². The molecular formula is C8H14N4O. The average molecular weight is 182 g/mol. The number of rotatable bonds is 4. The van der Waals surface area contributed by atoms with Gasteiger partial charge in [-0.3, -0.25) is 0 Å². The molecular weight excluding hydrogens is 168 g/mol. The standard InChI is InChI=1S/C8H14N4O/c1-4-12-7(9-10-11-12)5-8(2,3)6-13/h6H,4-5H2,1-3H3. The van der Waals surface area contributed by atoms with Gasteiger partial charge in [0.25, 0.3) is 0 Å². The van der Waals surface area contributed by atoms with Crippen LogP contribution in [0.5, 0.6) is 0 Å². The lowest BCUT2D eigenvalue weighted by Crippen LogP contribution is -2.19. The predicted molar refractivity (Wildman–Crippen MR) is 47.0 cm³/mol. The Labute approximate surface area is 77.1 Å². The van der Waals surface area contributed by atoms with Gasteiger partial charge < -0.3 is 4.79 Å². The first-order valence-corrected chi connectivity index (χ1v) is 4.30. The minimum Gasteiger partial charge on any atom is -0.303 e. The number of aldehydes is 1. The molecule has 0 aliphatic carbocycles. The molecule has 1 aromatic heterocycles. The summed E-state index contributed by atoms with van der Waals surface area (Å²) in [6.07, 6.45) is 1.51. The number of aryl methyl sites for hydroxylation is 1. The smallest absolute Gasteiger partial charge is 0.152 e. The van der Waals surface area contributed by atoms with Crippen LogP contribution in [0.1, 0.15) is 26.6 Å². The first-order chi connectivity index (χ1) is 6.09. The van der Waals surface area contributed by atoms with Crippen molar-refractivity contribution in [2.45, 2.75) is 33.7 Å². The highest BCUT2D eigenvalue weighted by Crippen LogP contribution is 2.16. The molecule has 0 bridgehead atoms. The highest BCUT2D eigenvalue weighted by atomic mass is 16.1. The molecule has 1 rings (SSSR count). The third-order valence-corrected chi connectivity index (χ3v) is 1.84. The van der Waals surface area contributed by atoms with Gasteiger partial charge in [0.2, 0.25) is 0 Å². The van der Waals surface area contributed by atoms with Gasteiger partial charge in [-0.25, -0.2) is 4.68 Å². The number of aromatic nitrogens is 4. The summed E-state index contributed by atoms with van der Waals surface area (Å²) in [5.41, 5.74) is -0.387. The summed E-state index contributed by atoms with van der Waals surface area (Å²) in [5.74, 6) is 0.764. The van der Waals surface area contributed by atoms with Crippen LogP contribution < -0.4 is 0 Å². The largest absolute Gasteiger partial charge is 0.303 e. The molecule has 0 atom stereocenters. The molecule has 0 saturated carbocycles. The fourth-order valence-electron chi connectivity index (χ4n) is 1.04. The van der Waals surface area contributed by atoms with Gasteiger partial charge in [0.1, 0.15) is 6.29 Å². The van der Waals surface area contributed by atoms with E-state index in [1.165, 1.54) is 0 Å². The topological polar surface area (TPSA) is 60.7 Å². The van der Waals surface area contributed by atoms with E-state index in [4.69, 9.17) is 0 Å². The van der Waals surface area contributed by atoms with Gasteiger partial charge in [0, 0.05) is 18.4 Å². The maximum atomic E-state index is 10.7. The minimum atomic E-state index is -0.387. The molecule has 0 aliphatic heterocycles. The zero-order valence-electron chi connectivity index (χ0n) is 8.19. The van der Waals surface area contributed by atoms with Gasteiger partial charge in [-0.1, -0.05) is 13.8 Å². The summed E-state index contributed by atoms with van der Waals surface area (Å²) in [5, 5.41) is 11.2. The molecule has 0 unspecified atom stereocenters. The molecule has 0 saturated heterocycles. The summed E-state index contributed by atoms with van der Waals surface area (Å²) in [6, 6.07) is 0. The van der Waals surface area contributed by atoms with Crippen molar-refractivity contribution < 1.29 is 4.79 Å². The predicted octanol–water partition coefficient (Wildman–Crippen LogP) is 0.461. The highest BCUT2D eigenvalue weighted by Gasteiger charge is 2.20. The Morgan fingerprint density at radius 1 is 1.54 bits per heavy atom. The fraction of sp³-hybridized carbons (Fsp3) is 0.750. The highest BCUT2D eigenvalue weighted by molar-refractivity contribution is 5.58. The van der Waals surface area contributed by atoms with Gasteiger partial charge >= 0.3 is 0 Å². The van der Waals surface area contributed by atoms with Gasteiger partial charge in [-0.05, 0) is 17.4 Å². The molecule has 72 valence electrons. The van der Waals surface area contributed by atoms with Gasteiger partial charge in [0.15, 0.2) is 5.82 Å². The van der Waals surface area contributed by atoms with E-state index < -0.39 is 0 Å². The quantitative estimate of drug-likeness (QED) is 0.635. The molecule has 1 aromatic rings. The summed E-state index contributed by atoms with van der Waals surface area (Å²) in [4.78, 5) is 10.7. The lowest BCUT2D eigenvalue weighted by atomic mass is 9.91. The Balaban J connectivity index is 2.79. The first kappa shape index (κ1) is 9.83. The van der Waals surface area contributed by atoms with Crippen LogP contribution in [0.2, 0.25) is 0 Å². The third kappa shape index (κ3) is 2.34. The number of hydrogen-bond donors (Lipinski definition) is 0. The van der Waals surface area contributed by atoms with Gasteiger partial charge in [-0.2, -0.15) is 0 Å². The van der Waals surface area contributed by atoms with Crippen LogP contribution in [0.3, 0.4) is 0 Å². The number of carbonyl (C=O) groups is 1. The summed E-state index contributed by atoms with van der Waals surface area (Å²) in [7, 11) is 0. The summed E-state index contributed by atoms with van der Waals surface area (Å²) < 4.78 is 1.70. The van der Waals surface area contributed by atoms with Crippen LogP contribution in [0, 0.1) is 5.41 Å². The molecule has 0 amide bonds. The molecule has 0 spiro atoms. The number of tetrazole rings is 1. The maximum Gasteiger partial charge on any atom is 0.152 e. The van der Waals surface area contributed by atoms with Crippen molar-refractivity contribution in [1.29, 1.82) is 0 Å². The SMILES string of the molecule is CCn1nnnc1CC(C)(C)C=O. The number of carbonyl (C=O) groups excluding carboxylic acids is 1. The van der Waals surface area contributed by atoms with Crippen LogP contribution in [-0.4, -0.2) is 26.5 Å². The molecule has 0 aromatic carbocycles. The van der Waals surface area contributed by atoms with E-state index >= 15 is 0 Å². The van der Waals surface area contributed by atoms with Crippen LogP contribution in [-0.2, 0) is 17.8 Å². The van der Waals surface area contributed by atoms with Crippen LogP contribution in [0.15, 0.2) is 0 Å². The van der Waals surface area contributed by atoms with Crippen LogP contribution in [0.25, 0.3) is 0 Å². The average Bonchev–Trinajstić information content (AvgIpc) is 2.51. The second-order valence-electron chi connectivity index (χ2n) is 3.69. The second-order valence-corrected chi connectivity index (χ2v) is 3.69. The molecule has 0 radical (unpaired) electrons. The molecule has 5 heteroatoms. The van der Waals surface area contributed by atoms with Crippen molar-refractivity contribution >= 4 is 6.29 Å². The Hall–Kier alpha value is -1.26. The zero-order chi connectivity index (χ0) is 9.90. The van der Waals surface area contributed by atoms with E-state index in [1.54, 1.807) is 4.68 Å². The lowest BCUT2D eigenvalue weighted by Gasteiger charge is -2.14. The normalized spacial score (nSPS) is 11.6. The lowest BCUT2D eigenvalue weighted by molar-refractivity contribution is -0.114. The molecule has 13 heavy (non-hydrogen) atoms. The Bertz CT molecular complexity index is 292. The monoisotopic (exact) mass is 182 g/mol. The molecule has 0 N–H and O–H groups in total. The van der Waals surface area contributed by atoms with Crippen molar-refractivity contribution in [2.24, 2.45) is 5.41 Å².